The van der Waals surface area contributed by atoms with Gasteiger partial charge in [0.25, 0.3) is 0 Å². The Balaban J connectivity index is 1.93. The van der Waals surface area contributed by atoms with Gasteiger partial charge in [-0.25, -0.2) is 0 Å². The molecule has 1 aliphatic rings. The third-order valence-corrected chi connectivity index (χ3v) is 4.61. The number of carbonyl (C=O) groups is 1. The highest BCUT2D eigenvalue weighted by molar-refractivity contribution is 9.10. The van der Waals surface area contributed by atoms with E-state index in [1.54, 1.807) is 0 Å². The van der Waals surface area contributed by atoms with Crippen molar-refractivity contribution in [1.29, 1.82) is 0 Å². The van der Waals surface area contributed by atoms with E-state index in [0.717, 1.165) is 10.0 Å². The largest absolute Gasteiger partial charge is 0.481 e. The van der Waals surface area contributed by atoms with Gasteiger partial charge in [-0.2, -0.15) is 4.98 Å². The van der Waals surface area contributed by atoms with Crippen LogP contribution >= 0.6 is 15.9 Å². The Labute approximate surface area is 124 Å². The molecule has 1 aromatic heterocycles. The van der Waals surface area contributed by atoms with E-state index in [1.165, 1.54) is 0 Å². The zero-order chi connectivity index (χ0) is 14.5. The maximum Gasteiger partial charge on any atom is 0.307 e. The summed E-state index contributed by atoms with van der Waals surface area (Å²) in [6, 6.07) is 7.56. The molecule has 1 N–H and O–H groups in total. The van der Waals surface area contributed by atoms with Gasteiger partial charge in [0, 0.05) is 10.0 Å². The highest BCUT2D eigenvalue weighted by Crippen LogP contribution is 2.64. The Morgan fingerprint density at radius 3 is 2.70 bits per heavy atom. The van der Waals surface area contributed by atoms with E-state index >= 15 is 0 Å². The Bertz CT molecular complexity index is 681. The zero-order valence-corrected chi connectivity index (χ0v) is 12.6. The van der Waals surface area contributed by atoms with Gasteiger partial charge in [0.05, 0.1) is 11.8 Å². The Hall–Kier alpha value is -1.69. The molecule has 20 heavy (non-hydrogen) atoms. The van der Waals surface area contributed by atoms with Crippen molar-refractivity contribution >= 4 is 21.9 Å². The van der Waals surface area contributed by atoms with Crippen LogP contribution in [0.25, 0.3) is 11.4 Å². The lowest BCUT2D eigenvalue weighted by Crippen LogP contribution is -2.03. The van der Waals surface area contributed by atoms with Gasteiger partial charge < -0.3 is 9.63 Å². The summed E-state index contributed by atoms with van der Waals surface area (Å²) < 4.78 is 6.14. The van der Waals surface area contributed by atoms with Crippen molar-refractivity contribution in [2.45, 2.75) is 19.8 Å². The highest BCUT2D eigenvalue weighted by Gasteiger charge is 2.65. The lowest BCUT2D eigenvalue weighted by atomic mass is 10.1. The molecule has 1 heterocycles. The number of aromatic nitrogens is 2. The predicted molar refractivity (Wildman–Crippen MR) is 75.1 cm³/mol. The quantitative estimate of drug-likeness (QED) is 0.930. The second-order valence-corrected chi connectivity index (χ2v) is 6.41. The van der Waals surface area contributed by atoms with Crippen LogP contribution in [-0.2, 0) is 4.79 Å². The van der Waals surface area contributed by atoms with Gasteiger partial charge in [0.1, 0.15) is 0 Å². The molecule has 0 spiro atoms. The lowest BCUT2D eigenvalue weighted by Gasteiger charge is -1.97. The monoisotopic (exact) mass is 336 g/mol. The number of halogens is 1. The molecule has 0 radical (unpaired) electrons. The third kappa shape index (κ3) is 1.95. The van der Waals surface area contributed by atoms with Gasteiger partial charge in [-0.15, -0.1) is 0 Å². The molecule has 0 saturated heterocycles. The van der Waals surface area contributed by atoms with Crippen molar-refractivity contribution in [3.63, 3.8) is 0 Å². The first kappa shape index (κ1) is 13.3. The number of carboxylic acids is 1. The molecule has 5 nitrogen and oxygen atoms in total. The molecular weight excluding hydrogens is 324 g/mol. The van der Waals surface area contributed by atoms with Crippen LogP contribution in [0.5, 0.6) is 0 Å². The first-order valence-corrected chi connectivity index (χ1v) is 7.03. The van der Waals surface area contributed by atoms with E-state index in [4.69, 9.17) is 4.52 Å². The molecule has 3 rings (SSSR count). The van der Waals surface area contributed by atoms with E-state index in [-0.39, 0.29) is 11.3 Å². The molecule has 0 bridgehead atoms. The maximum absolute atomic E-state index is 11.2. The number of benzene rings is 1. The van der Waals surface area contributed by atoms with E-state index < -0.39 is 11.9 Å². The van der Waals surface area contributed by atoms with Crippen LogP contribution in [0.15, 0.2) is 33.3 Å². The molecule has 1 saturated carbocycles. The minimum atomic E-state index is -0.819. The van der Waals surface area contributed by atoms with E-state index in [9.17, 15) is 9.90 Å². The van der Waals surface area contributed by atoms with E-state index in [2.05, 4.69) is 26.1 Å². The fraction of sp³-hybridized carbons (Fsp3) is 0.357. The molecule has 0 amide bonds. The smallest absolute Gasteiger partial charge is 0.307 e. The van der Waals surface area contributed by atoms with Gasteiger partial charge >= 0.3 is 5.97 Å². The molecule has 2 aromatic rings. The lowest BCUT2D eigenvalue weighted by molar-refractivity contribution is -0.139. The number of aliphatic carboxylic acids is 1. The van der Waals surface area contributed by atoms with Gasteiger partial charge in [-0.1, -0.05) is 47.1 Å². The molecule has 6 heteroatoms. The molecular formula is C14H13BrN2O3. The summed E-state index contributed by atoms with van der Waals surface area (Å²) >= 11 is 3.44. The standard InChI is InChI=1S/C14H13BrN2O3/c1-14(2)9(10(14)13(18)19)12-16-11(17-20-12)7-5-3-4-6-8(7)15/h3-6,9-10H,1-2H3,(H,18,19). The summed E-state index contributed by atoms with van der Waals surface area (Å²) in [5.41, 5.74) is 0.483. The maximum atomic E-state index is 11.2. The SMILES string of the molecule is CC1(C)C(C(=O)O)C1c1nc(-c2ccccc2Br)no1. The molecule has 1 aliphatic carbocycles. The third-order valence-electron chi connectivity index (χ3n) is 3.92. The summed E-state index contributed by atoms with van der Waals surface area (Å²) in [5, 5.41) is 13.2. The number of hydrogen-bond donors (Lipinski definition) is 1. The van der Waals surface area contributed by atoms with Crippen molar-refractivity contribution in [3.8, 4) is 11.4 Å². The summed E-state index contributed by atoms with van der Waals surface area (Å²) in [7, 11) is 0. The molecule has 2 atom stereocenters. The van der Waals surface area contributed by atoms with Gasteiger partial charge in [0.15, 0.2) is 0 Å². The van der Waals surface area contributed by atoms with Crippen LogP contribution in [0.4, 0.5) is 0 Å². The number of carboxylic acid groups (broad SMARTS) is 1. The number of rotatable bonds is 3. The highest BCUT2D eigenvalue weighted by atomic mass is 79.9. The van der Waals surface area contributed by atoms with E-state index in [0.29, 0.717) is 11.7 Å². The topological polar surface area (TPSA) is 76.2 Å². The van der Waals surface area contributed by atoms with Crippen molar-refractivity contribution in [2.24, 2.45) is 11.3 Å². The fourth-order valence-corrected chi connectivity index (χ4v) is 3.14. The van der Waals surface area contributed by atoms with Crippen molar-refractivity contribution in [1.82, 2.24) is 10.1 Å². The minimum Gasteiger partial charge on any atom is -0.481 e. The summed E-state index contributed by atoms with van der Waals surface area (Å²) in [6.07, 6.45) is 0. The number of hydrogen-bond acceptors (Lipinski definition) is 4. The summed E-state index contributed by atoms with van der Waals surface area (Å²) in [5.74, 6) is -0.633. The molecule has 2 unspecified atom stereocenters. The average Bonchev–Trinajstić information content (AvgIpc) is 2.74. The average molecular weight is 337 g/mol. The fourth-order valence-electron chi connectivity index (χ4n) is 2.67. The van der Waals surface area contributed by atoms with Crippen LogP contribution in [0.1, 0.15) is 25.7 Å². The summed E-state index contributed by atoms with van der Waals surface area (Å²) in [4.78, 5) is 15.6. The zero-order valence-electron chi connectivity index (χ0n) is 11.0. The number of nitrogens with zero attached hydrogens (tertiary/aromatic N) is 2. The first-order valence-electron chi connectivity index (χ1n) is 6.24. The van der Waals surface area contributed by atoms with Crippen LogP contribution in [-0.4, -0.2) is 21.2 Å². The Morgan fingerprint density at radius 2 is 2.10 bits per heavy atom. The normalized spacial score (nSPS) is 23.6. The van der Waals surface area contributed by atoms with Crippen molar-refractivity contribution in [3.05, 3.63) is 34.6 Å². The summed E-state index contributed by atoms with van der Waals surface area (Å²) in [6.45, 7) is 3.80. The Morgan fingerprint density at radius 1 is 1.40 bits per heavy atom. The predicted octanol–water partition coefficient (Wildman–Crippen LogP) is 3.32. The van der Waals surface area contributed by atoms with Crippen molar-refractivity contribution < 1.29 is 14.4 Å². The first-order chi connectivity index (χ1) is 9.43. The molecule has 104 valence electrons. The van der Waals surface area contributed by atoms with E-state index in [1.807, 2.05) is 38.1 Å². The van der Waals surface area contributed by atoms with Crippen LogP contribution in [0, 0.1) is 11.3 Å². The second kappa shape index (κ2) is 4.41. The second-order valence-electron chi connectivity index (χ2n) is 5.55. The molecule has 1 aromatic carbocycles. The molecule has 0 aliphatic heterocycles. The Kier molecular flexibility index (Phi) is 2.93. The van der Waals surface area contributed by atoms with Crippen LogP contribution < -0.4 is 0 Å². The van der Waals surface area contributed by atoms with Gasteiger partial charge in [-0.3, -0.25) is 4.79 Å². The minimum absolute atomic E-state index is 0.219. The van der Waals surface area contributed by atoms with Crippen LogP contribution in [0.2, 0.25) is 0 Å². The molecule has 1 fully saturated rings. The van der Waals surface area contributed by atoms with Crippen molar-refractivity contribution in [2.75, 3.05) is 0 Å². The van der Waals surface area contributed by atoms with Gasteiger partial charge in [0.2, 0.25) is 11.7 Å². The van der Waals surface area contributed by atoms with Crippen LogP contribution in [0.3, 0.4) is 0 Å². The van der Waals surface area contributed by atoms with Gasteiger partial charge in [-0.05, 0) is 17.5 Å².